The predicted octanol–water partition coefficient (Wildman–Crippen LogP) is 4.20. The number of anilines is 2. The fraction of sp³-hybridized carbons (Fsp3) is 0.688. The van der Waals surface area contributed by atoms with Crippen molar-refractivity contribution in [2.45, 2.75) is 52.0 Å². The molecule has 21 heavy (non-hydrogen) atoms. The average Bonchev–Trinajstić information content (AvgIpc) is 2.94. The Morgan fingerprint density at radius 2 is 1.95 bits per heavy atom. The fourth-order valence-electron chi connectivity index (χ4n) is 2.91. The van der Waals surface area contributed by atoms with Gasteiger partial charge in [0.25, 0.3) is 0 Å². The molecule has 1 N–H and O–H groups in total. The van der Waals surface area contributed by atoms with Crippen molar-refractivity contribution in [1.29, 1.82) is 0 Å². The lowest BCUT2D eigenvalue weighted by Crippen LogP contribution is -2.36. The Kier molecular flexibility index (Phi) is 5.37. The largest absolute Gasteiger partial charge is 0.371 e. The minimum Gasteiger partial charge on any atom is -0.371 e. The van der Waals surface area contributed by atoms with Gasteiger partial charge in [0.1, 0.15) is 0 Å². The van der Waals surface area contributed by atoms with E-state index >= 15 is 0 Å². The number of hydrogen-bond acceptors (Lipinski definition) is 3. The summed E-state index contributed by atoms with van der Waals surface area (Å²) < 4.78 is 27.8. The number of aromatic nitrogens is 1. The van der Waals surface area contributed by atoms with E-state index in [9.17, 15) is 8.78 Å². The molecule has 1 saturated carbocycles. The van der Waals surface area contributed by atoms with Crippen molar-refractivity contribution in [1.82, 2.24) is 4.98 Å². The van der Waals surface area contributed by atoms with Crippen molar-refractivity contribution in [2.24, 2.45) is 5.92 Å². The van der Waals surface area contributed by atoms with Gasteiger partial charge >= 0.3 is 0 Å². The van der Waals surface area contributed by atoms with Gasteiger partial charge in [-0.25, -0.2) is 13.8 Å². The van der Waals surface area contributed by atoms with Crippen LogP contribution in [0.1, 0.15) is 46.0 Å². The topological polar surface area (TPSA) is 28.2 Å². The first-order valence-electron chi connectivity index (χ1n) is 7.83. The Labute approximate surface area is 125 Å². The Balaban J connectivity index is 2.30. The van der Waals surface area contributed by atoms with Crippen molar-refractivity contribution in [2.75, 3.05) is 23.8 Å². The van der Waals surface area contributed by atoms with E-state index in [0.717, 1.165) is 31.9 Å². The van der Waals surface area contributed by atoms with Gasteiger partial charge in [-0.1, -0.05) is 26.7 Å². The molecule has 1 heterocycles. The van der Waals surface area contributed by atoms with Crippen LogP contribution in [0.25, 0.3) is 0 Å². The van der Waals surface area contributed by atoms with Gasteiger partial charge in [0.2, 0.25) is 0 Å². The maximum absolute atomic E-state index is 14.2. The van der Waals surface area contributed by atoms with Crippen molar-refractivity contribution in [3.63, 3.8) is 0 Å². The summed E-state index contributed by atoms with van der Waals surface area (Å²) in [4.78, 5) is 6.22. The highest BCUT2D eigenvalue weighted by Gasteiger charge is 2.27. The molecule has 2 rings (SSSR count). The SMILES string of the molecule is CNc1nc(N(CCC(C)C)C2CCCC2)c(F)cc1F. The first kappa shape index (κ1) is 16.0. The van der Waals surface area contributed by atoms with Gasteiger partial charge in [0.15, 0.2) is 23.3 Å². The summed E-state index contributed by atoms with van der Waals surface area (Å²) in [7, 11) is 1.60. The molecule has 0 aliphatic heterocycles. The second-order valence-corrected chi connectivity index (χ2v) is 6.19. The molecule has 118 valence electrons. The molecule has 1 fully saturated rings. The van der Waals surface area contributed by atoms with Crippen LogP contribution in [0.15, 0.2) is 6.07 Å². The van der Waals surface area contributed by atoms with E-state index in [2.05, 4.69) is 24.1 Å². The zero-order valence-corrected chi connectivity index (χ0v) is 13.1. The maximum atomic E-state index is 14.2. The first-order chi connectivity index (χ1) is 10.0. The molecule has 0 unspecified atom stereocenters. The standard InChI is InChI=1S/C16H25F2N3/c1-11(2)8-9-21(12-6-4-5-7-12)16-14(18)10-13(17)15(19-3)20-16/h10-12H,4-9H2,1-3H3,(H,19,20). The molecule has 0 aromatic carbocycles. The summed E-state index contributed by atoms with van der Waals surface area (Å²) in [5.41, 5.74) is 0. The minimum atomic E-state index is -0.644. The summed E-state index contributed by atoms with van der Waals surface area (Å²) in [6.07, 6.45) is 5.44. The van der Waals surface area contributed by atoms with E-state index < -0.39 is 11.6 Å². The van der Waals surface area contributed by atoms with Crippen molar-refractivity contribution in [3.05, 3.63) is 17.7 Å². The predicted molar refractivity (Wildman–Crippen MR) is 82.8 cm³/mol. The summed E-state index contributed by atoms with van der Waals surface area (Å²) >= 11 is 0. The van der Waals surface area contributed by atoms with Crippen LogP contribution in [0.3, 0.4) is 0 Å². The smallest absolute Gasteiger partial charge is 0.168 e. The molecule has 0 atom stereocenters. The van der Waals surface area contributed by atoms with E-state index in [0.29, 0.717) is 12.0 Å². The molecule has 0 spiro atoms. The van der Waals surface area contributed by atoms with E-state index in [1.54, 1.807) is 7.05 Å². The van der Waals surface area contributed by atoms with Gasteiger partial charge in [0, 0.05) is 25.7 Å². The molecular formula is C16H25F2N3. The van der Waals surface area contributed by atoms with Crippen molar-refractivity contribution < 1.29 is 8.78 Å². The van der Waals surface area contributed by atoms with Crippen LogP contribution < -0.4 is 10.2 Å². The molecule has 1 aromatic heterocycles. The summed E-state index contributed by atoms with van der Waals surface area (Å²) in [5.74, 6) is -0.274. The molecule has 0 saturated heterocycles. The molecular weight excluding hydrogens is 272 g/mol. The molecule has 5 heteroatoms. The fourth-order valence-corrected chi connectivity index (χ4v) is 2.91. The number of nitrogens with one attached hydrogen (secondary N) is 1. The Bertz CT molecular complexity index is 471. The van der Waals surface area contributed by atoms with Gasteiger partial charge < -0.3 is 10.2 Å². The molecule has 0 bridgehead atoms. The second-order valence-electron chi connectivity index (χ2n) is 6.19. The highest BCUT2D eigenvalue weighted by Crippen LogP contribution is 2.31. The second kappa shape index (κ2) is 7.05. The number of pyridine rings is 1. The quantitative estimate of drug-likeness (QED) is 0.853. The maximum Gasteiger partial charge on any atom is 0.168 e. The van der Waals surface area contributed by atoms with E-state index in [4.69, 9.17) is 0 Å². The molecule has 1 aliphatic carbocycles. The van der Waals surface area contributed by atoms with Crippen LogP contribution in [-0.2, 0) is 0 Å². The third kappa shape index (κ3) is 3.83. The van der Waals surface area contributed by atoms with E-state index in [1.165, 1.54) is 12.8 Å². The van der Waals surface area contributed by atoms with Gasteiger partial charge in [-0.2, -0.15) is 0 Å². The van der Waals surface area contributed by atoms with Crippen LogP contribution in [0.4, 0.5) is 20.4 Å². The summed E-state index contributed by atoms with van der Waals surface area (Å²) in [6.45, 7) is 5.07. The first-order valence-corrected chi connectivity index (χ1v) is 7.83. The Morgan fingerprint density at radius 3 is 2.52 bits per heavy atom. The lowest BCUT2D eigenvalue weighted by Gasteiger charge is -2.31. The molecule has 0 radical (unpaired) electrons. The third-order valence-corrected chi connectivity index (χ3v) is 4.13. The monoisotopic (exact) mass is 297 g/mol. The average molecular weight is 297 g/mol. The van der Waals surface area contributed by atoms with Gasteiger partial charge in [-0.05, 0) is 25.2 Å². The highest BCUT2D eigenvalue weighted by molar-refractivity contribution is 5.50. The van der Waals surface area contributed by atoms with Crippen LogP contribution in [-0.4, -0.2) is 24.6 Å². The number of rotatable bonds is 6. The Morgan fingerprint density at radius 1 is 1.29 bits per heavy atom. The van der Waals surface area contributed by atoms with Crippen LogP contribution in [0, 0.1) is 17.6 Å². The number of nitrogens with zero attached hydrogens (tertiary/aromatic N) is 2. The minimum absolute atomic E-state index is 0.110. The van der Waals surface area contributed by atoms with E-state index in [-0.39, 0.29) is 11.6 Å². The summed E-state index contributed by atoms with van der Waals surface area (Å²) in [6, 6.07) is 1.26. The van der Waals surface area contributed by atoms with Gasteiger partial charge in [-0.3, -0.25) is 0 Å². The molecule has 1 aromatic rings. The van der Waals surface area contributed by atoms with E-state index in [1.807, 2.05) is 4.90 Å². The van der Waals surface area contributed by atoms with Gasteiger partial charge in [0.05, 0.1) is 0 Å². The molecule has 0 amide bonds. The Hall–Kier alpha value is -1.39. The lowest BCUT2D eigenvalue weighted by atomic mass is 10.1. The van der Waals surface area contributed by atoms with Crippen LogP contribution in [0.2, 0.25) is 0 Å². The zero-order chi connectivity index (χ0) is 15.4. The van der Waals surface area contributed by atoms with Crippen molar-refractivity contribution >= 4 is 11.6 Å². The van der Waals surface area contributed by atoms with Crippen LogP contribution >= 0.6 is 0 Å². The number of hydrogen-bond donors (Lipinski definition) is 1. The van der Waals surface area contributed by atoms with Crippen molar-refractivity contribution in [3.8, 4) is 0 Å². The molecule has 3 nitrogen and oxygen atoms in total. The third-order valence-electron chi connectivity index (χ3n) is 4.13. The zero-order valence-electron chi connectivity index (χ0n) is 13.1. The number of halogens is 2. The van der Waals surface area contributed by atoms with Crippen LogP contribution in [0.5, 0.6) is 0 Å². The highest BCUT2D eigenvalue weighted by atomic mass is 19.1. The molecule has 1 aliphatic rings. The summed E-state index contributed by atoms with van der Waals surface area (Å²) in [5, 5.41) is 2.69. The normalized spacial score (nSPS) is 15.7. The lowest BCUT2D eigenvalue weighted by molar-refractivity contribution is 0.507. The van der Waals surface area contributed by atoms with Gasteiger partial charge in [-0.15, -0.1) is 0 Å².